The third-order valence-electron chi connectivity index (χ3n) is 11.7. The van der Waals surface area contributed by atoms with Crippen LogP contribution in [0, 0.1) is 12.7 Å². The Kier molecular flexibility index (Phi) is 19.7. The number of likely N-dealkylation sites (N-methyl/N-ethyl adjacent to an activating group) is 1. The Bertz CT molecular complexity index is 2650. The van der Waals surface area contributed by atoms with Gasteiger partial charge in [0.1, 0.15) is 12.3 Å². The number of anilines is 2. The molecule has 0 saturated heterocycles. The maximum absolute atomic E-state index is 15.2. The van der Waals surface area contributed by atoms with E-state index < -0.39 is 39.9 Å². The number of thiazole rings is 2. The van der Waals surface area contributed by atoms with Crippen molar-refractivity contribution in [2.24, 2.45) is 4.99 Å². The van der Waals surface area contributed by atoms with Gasteiger partial charge < -0.3 is 33.2 Å². The number of hydrogen-bond acceptors (Lipinski definition) is 14. The number of benzene rings is 2. The van der Waals surface area contributed by atoms with E-state index in [1.54, 1.807) is 42.7 Å². The van der Waals surface area contributed by atoms with Crippen LogP contribution in [0.15, 0.2) is 59.6 Å². The number of methoxy groups -OCH3 is 1. The monoisotopic (exact) mass is 1040 g/mol. The molecule has 0 fully saturated rings. The Balaban J connectivity index is 1.35. The molecular formula is C51H74FN7O7S2Si2. The number of halogens is 1. The van der Waals surface area contributed by atoms with Gasteiger partial charge in [-0.05, 0) is 119 Å². The summed E-state index contributed by atoms with van der Waals surface area (Å²) in [6.07, 6.45) is 5.55. The van der Waals surface area contributed by atoms with Crippen LogP contribution in [0.1, 0.15) is 87.3 Å². The number of unbranched alkanes of at least 4 members (excludes halogenated alkanes) is 1. The second kappa shape index (κ2) is 24.6. The van der Waals surface area contributed by atoms with E-state index in [1.807, 2.05) is 50.8 Å². The molecule has 0 saturated carbocycles. The van der Waals surface area contributed by atoms with Gasteiger partial charge in [-0.15, -0.1) is 21.5 Å². The molecule has 70 heavy (non-hydrogen) atoms. The molecule has 0 N–H and O–H groups in total. The minimum Gasteiger partial charge on any atom is -0.491 e. The highest BCUT2D eigenvalue weighted by atomic mass is 32.1. The fourth-order valence-corrected chi connectivity index (χ4v) is 10.6. The smallest absolute Gasteiger partial charge is 0.410 e. The lowest BCUT2D eigenvalue weighted by molar-refractivity contribution is 0.0317. The van der Waals surface area contributed by atoms with Gasteiger partial charge in [0.15, 0.2) is 47.1 Å². The summed E-state index contributed by atoms with van der Waals surface area (Å²) in [4.78, 5) is 40.3. The van der Waals surface area contributed by atoms with Crippen molar-refractivity contribution in [3.63, 3.8) is 0 Å². The van der Waals surface area contributed by atoms with E-state index in [1.165, 1.54) is 29.4 Å². The molecule has 3 aromatic heterocycles. The zero-order valence-electron chi connectivity index (χ0n) is 43.7. The number of esters is 1. The predicted octanol–water partition coefficient (Wildman–Crippen LogP) is 12.6. The van der Waals surface area contributed by atoms with Crippen molar-refractivity contribution >= 4 is 84.2 Å². The maximum Gasteiger partial charge on any atom is 0.410 e. The molecule has 0 atom stereocenters. The van der Waals surface area contributed by atoms with Crippen molar-refractivity contribution in [3.05, 3.63) is 86.9 Å². The Labute approximate surface area is 424 Å². The Morgan fingerprint density at radius 1 is 0.929 bits per heavy atom. The van der Waals surface area contributed by atoms with Crippen molar-refractivity contribution in [2.45, 2.75) is 130 Å². The lowest BCUT2D eigenvalue weighted by Crippen LogP contribution is -2.41. The Morgan fingerprint density at radius 3 is 2.34 bits per heavy atom. The Hall–Kier alpha value is -4.80. The van der Waals surface area contributed by atoms with Crippen LogP contribution in [-0.4, -0.2) is 106 Å². The standard InChI is InChI=1S/C51H74FN7O7S2Si2/c1-36-33-43(55-56-45(36)54-48-59(35-63-31-32-69(10,11)12)39-22-15-16-23-41(39)67-48)58(28-17-18-30-65-70(13,14)51(5,6)7)47-53-44(46(60)62-9)42(68-47)24-20-29-64-40-26-25-37(34-38(40)52)21-19-27-57(8)49(61)66-50(2,3)4/h15-16,19,21-23,25-26,33-34H,17-18,20,24,27-32,35H2,1-14H3/b21-19+,54-48?. The van der Waals surface area contributed by atoms with Crippen LogP contribution in [0.25, 0.3) is 16.3 Å². The minimum atomic E-state index is -1.93. The molecule has 0 aliphatic heterocycles. The van der Waals surface area contributed by atoms with E-state index in [-0.39, 0.29) is 23.1 Å². The van der Waals surface area contributed by atoms with Crippen LogP contribution in [0.2, 0.25) is 43.8 Å². The average molecular weight is 1040 g/mol. The van der Waals surface area contributed by atoms with E-state index in [0.717, 1.165) is 39.5 Å². The molecule has 19 heteroatoms. The number of para-hydroxylation sites is 1. The molecule has 5 rings (SSSR count). The number of fused-ring (bicyclic) bond motifs is 1. The number of aryl methyl sites for hydroxylation is 2. The lowest BCUT2D eigenvalue weighted by atomic mass is 10.2. The third kappa shape index (κ3) is 16.4. The largest absolute Gasteiger partial charge is 0.491 e. The highest BCUT2D eigenvalue weighted by molar-refractivity contribution is 7.16. The molecule has 0 unspecified atom stereocenters. The molecule has 0 radical (unpaired) electrons. The number of nitrogens with zero attached hydrogens (tertiary/aromatic N) is 7. The van der Waals surface area contributed by atoms with Crippen molar-refractivity contribution in [3.8, 4) is 5.75 Å². The molecule has 0 spiro atoms. The van der Waals surface area contributed by atoms with Gasteiger partial charge in [0.2, 0.25) is 0 Å². The topological polar surface area (TPSA) is 143 Å². The zero-order valence-corrected chi connectivity index (χ0v) is 47.4. The third-order valence-corrected chi connectivity index (χ3v) is 20.2. The first-order chi connectivity index (χ1) is 32.9. The van der Waals surface area contributed by atoms with Crippen LogP contribution in [-0.2, 0) is 31.8 Å². The predicted molar refractivity (Wildman–Crippen MR) is 287 cm³/mol. The second-order valence-corrected chi connectivity index (χ2v) is 33.6. The summed E-state index contributed by atoms with van der Waals surface area (Å²) in [5.41, 5.74) is 2.11. The van der Waals surface area contributed by atoms with Crippen molar-refractivity contribution in [2.75, 3.05) is 52.0 Å². The molecule has 0 bridgehead atoms. The quantitative estimate of drug-likeness (QED) is 0.0350. The molecular weight excluding hydrogens is 962 g/mol. The first kappa shape index (κ1) is 56.1. The van der Waals surface area contributed by atoms with Gasteiger partial charge in [-0.1, -0.05) is 82.1 Å². The summed E-state index contributed by atoms with van der Waals surface area (Å²) < 4.78 is 47.6. The number of carbonyl (C=O) groups is 2. The molecule has 1 amide bonds. The first-order valence-electron chi connectivity index (χ1n) is 23.9. The number of carbonyl (C=O) groups excluding carboxylic acids is 2. The lowest BCUT2D eigenvalue weighted by Gasteiger charge is -2.36. The van der Waals surface area contributed by atoms with Gasteiger partial charge in [0, 0.05) is 46.3 Å². The molecule has 5 aromatic rings. The van der Waals surface area contributed by atoms with Crippen molar-refractivity contribution in [1.29, 1.82) is 0 Å². The van der Waals surface area contributed by atoms with Crippen LogP contribution in [0.5, 0.6) is 5.75 Å². The number of hydrogen-bond donors (Lipinski definition) is 0. The van der Waals surface area contributed by atoms with E-state index in [4.69, 9.17) is 38.4 Å². The molecule has 14 nitrogen and oxygen atoms in total. The summed E-state index contributed by atoms with van der Waals surface area (Å²) in [5, 5.41) is 10.1. The van der Waals surface area contributed by atoms with Gasteiger partial charge in [-0.2, -0.15) is 4.99 Å². The van der Waals surface area contributed by atoms with Gasteiger partial charge in [0.05, 0.1) is 23.9 Å². The van der Waals surface area contributed by atoms with Gasteiger partial charge in [0.25, 0.3) is 0 Å². The van der Waals surface area contributed by atoms with Gasteiger partial charge in [-0.3, -0.25) is 4.57 Å². The fourth-order valence-electron chi connectivity index (χ4n) is 6.58. The summed E-state index contributed by atoms with van der Waals surface area (Å²) in [6.45, 7) is 28.4. The van der Waals surface area contributed by atoms with Crippen molar-refractivity contribution in [1.82, 2.24) is 24.6 Å². The number of ether oxygens (including phenoxy) is 4. The maximum atomic E-state index is 15.2. The molecule has 0 aliphatic rings. The summed E-state index contributed by atoms with van der Waals surface area (Å²) >= 11 is 2.97. The number of amides is 1. The van der Waals surface area contributed by atoms with E-state index in [2.05, 4.69) is 75.3 Å². The van der Waals surface area contributed by atoms with Crippen LogP contribution < -0.4 is 14.4 Å². The number of aromatic nitrogens is 4. The zero-order chi connectivity index (χ0) is 51.4. The molecule has 2 aromatic carbocycles. The Morgan fingerprint density at radius 2 is 1.67 bits per heavy atom. The normalized spacial score (nSPS) is 12.8. The first-order valence-corrected chi connectivity index (χ1v) is 32.2. The average Bonchev–Trinajstić information content (AvgIpc) is 3.85. The van der Waals surface area contributed by atoms with Crippen LogP contribution in [0.4, 0.5) is 26.0 Å². The van der Waals surface area contributed by atoms with E-state index >= 15 is 4.39 Å². The molecule has 0 aliphatic carbocycles. The van der Waals surface area contributed by atoms with E-state index in [0.29, 0.717) is 73.1 Å². The van der Waals surface area contributed by atoms with E-state index in [9.17, 15) is 9.59 Å². The number of rotatable bonds is 23. The van der Waals surface area contributed by atoms with Crippen LogP contribution in [0.3, 0.4) is 0 Å². The van der Waals surface area contributed by atoms with Crippen molar-refractivity contribution < 1.29 is 37.4 Å². The van der Waals surface area contributed by atoms with Gasteiger partial charge >= 0.3 is 12.1 Å². The minimum absolute atomic E-state index is 0.0991. The molecule has 3 heterocycles. The SMILES string of the molecule is COC(=O)c1nc(N(CCCCO[Si](C)(C)C(C)(C)C)c2cc(C)c(N=c3sc4ccccc4n3COCC[Si](C)(C)C)nn2)sc1CCCOc1ccc(/C=C/CN(C)C(=O)OC(C)(C)C)cc1F. The fraction of sp³-hybridized carbons (Fsp3) is 0.529. The van der Waals surface area contributed by atoms with Crippen LogP contribution >= 0.6 is 22.7 Å². The summed E-state index contributed by atoms with van der Waals surface area (Å²) in [5.74, 6) is 0.121. The second-order valence-electron chi connectivity index (χ2n) is 21.1. The highest BCUT2D eigenvalue weighted by Crippen LogP contribution is 2.37. The highest BCUT2D eigenvalue weighted by Gasteiger charge is 2.37. The van der Waals surface area contributed by atoms with Gasteiger partial charge in [-0.25, -0.2) is 19.0 Å². The summed E-state index contributed by atoms with van der Waals surface area (Å²) in [7, 11) is -0.215. The summed E-state index contributed by atoms with van der Waals surface area (Å²) in [6, 6.07) is 16.0. The molecule has 382 valence electrons.